The third kappa shape index (κ3) is 2.82. The highest BCUT2D eigenvalue weighted by Crippen LogP contribution is 2.30. The van der Waals surface area contributed by atoms with Crippen molar-refractivity contribution in [1.29, 1.82) is 5.26 Å². The quantitative estimate of drug-likeness (QED) is 0.775. The lowest BCUT2D eigenvalue weighted by Gasteiger charge is -2.04. The second-order valence-electron chi connectivity index (χ2n) is 5.28. The van der Waals surface area contributed by atoms with Gasteiger partial charge in [0.1, 0.15) is 5.82 Å². The number of nitriles is 1. The molecule has 1 unspecified atom stereocenters. The van der Waals surface area contributed by atoms with Gasteiger partial charge in [0.05, 0.1) is 28.8 Å². The standard InChI is InChI=1S/C17H14ClN3O/c1-10(22)6-17-20-15-5-3-12(8-16(15)21-17)13-4-2-11(9-19)7-14(13)18/h2-5,7-8,10,22H,6H2,1H3,(H,20,21). The molecule has 22 heavy (non-hydrogen) atoms. The summed E-state index contributed by atoms with van der Waals surface area (Å²) in [4.78, 5) is 7.66. The van der Waals surface area contributed by atoms with Crippen LogP contribution in [-0.4, -0.2) is 21.2 Å². The first-order valence-corrected chi connectivity index (χ1v) is 7.31. The van der Waals surface area contributed by atoms with Crippen molar-refractivity contribution in [2.24, 2.45) is 0 Å². The Morgan fingerprint density at radius 2 is 2.14 bits per heavy atom. The molecule has 1 aromatic heterocycles. The molecule has 2 N–H and O–H groups in total. The molecule has 110 valence electrons. The van der Waals surface area contributed by atoms with Crippen LogP contribution in [-0.2, 0) is 6.42 Å². The molecule has 0 fully saturated rings. The largest absolute Gasteiger partial charge is 0.393 e. The number of rotatable bonds is 3. The molecule has 4 nitrogen and oxygen atoms in total. The van der Waals surface area contributed by atoms with E-state index in [1.165, 1.54) is 0 Å². The van der Waals surface area contributed by atoms with Crippen molar-refractivity contribution >= 4 is 22.6 Å². The topological polar surface area (TPSA) is 72.7 Å². The van der Waals surface area contributed by atoms with Crippen LogP contribution < -0.4 is 0 Å². The summed E-state index contributed by atoms with van der Waals surface area (Å²) < 4.78 is 0. The van der Waals surface area contributed by atoms with Crippen LogP contribution in [0.2, 0.25) is 5.02 Å². The van der Waals surface area contributed by atoms with Gasteiger partial charge in [0.25, 0.3) is 0 Å². The second kappa shape index (κ2) is 5.80. The van der Waals surface area contributed by atoms with Gasteiger partial charge >= 0.3 is 0 Å². The Morgan fingerprint density at radius 3 is 2.82 bits per heavy atom. The number of hydrogen-bond acceptors (Lipinski definition) is 3. The number of nitrogens with zero attached hydrogens (tertiary/aromatic N) is 2. The number of fused-ring (bicyclic) bond motifs is 1. The van der Waals surface area contributed by atoms with Gasteiger partial charge in [0, 0.05) is 17.0 Å². The highest BCUT2D eigenvalue weighted by molar-refractivity contribution is 6.33. The molecule has 0 saturated carbocycles. The fourth-order valence-corrected chi connectivity index (χ4v) is 2.71. The number of imidazole rings is 1. The monoisotopic (exact) mass is 311 g/mol. The zero-order chi connectivity index (χ0) is 15.7. The molecule has 5 heteroatoms. The molecule has 0 bridgehead atoms. The van der Waals surface area contributed by atoms with Crippen LogP contribution in [0.1, 0.15) is 18.3 Å². The third-order valence-corrected chi connectivity index (χ3v) is 3.74. The van der Waals surface area contributed by atoms with Crippen molar-refractivity contribution in [2.75, 3.05) is 0 Å². The molecule has 0 aliphatic heterocycles. The van der Waals surface area contributed by atoms with E-state index in [0.29, 0.717) is 17.0 Å². The lowest BCUT2D eigenvalue weighted by Crippen LogP contribution is -2.05. The van der Waals surface area contributed by atoms with E-state index in [2.05, 4.69) is 16.0 Å². The van der Waals surface area contributed by atoms with E-state index in [9.17, 15) is 5.11 Å². The molecule has 2 aromatic carbocycles. The first-order chi connectivity index (χ1) is 10.6. The average molecular weight is 312 g/mol. The number of aromatic amines is 1. The number of H-pyrrole nitrogens is 1. The molecule has 1 atom stereocenters. The van der Waals surface area contributed by atoms with E-state index in [1.54, 1.807) is 19.1 Å². The van der Waals surface area contributed by atoms with E-state index in [1.807, 2.05) is 24.3 Å². The average Bonchev–Trinajstić information content (AvgIpc) is 2.87. The lowest BCUT2D eigenvalue weighted by molar-refractivity contribution is 0.193. The molecular formula is C17H14ClN3O. The maximum atomic E-state index is 9.45. The van der Waals surface area contributed by atoms with Crippen molar-refractivity contribution in [2.45, 2.75) is 19.4 Å². The number of halogens is 1. The van der Waals surface area contributed by atoms with Gasteiger partial charge in [-0.1, -0.05) is 23.7 Å². The van der Waals surface area contributed by atoms with Crippen LogP contribution in [0.15, 0.2) is 36.4 Å². The van der Waals surface area contributed by atoms with Gasteiger partial charge in [-0.15, -0.1) is 0 Å². The van der Waals surface area contributed by atoms with Crippen LogP contribution in [0.5, 0.6) is 0 Å². The van der Waals surface area contributed by atoms with Crippen molar-refractivity contribution in [3.05, 3.63) is 52.8 Å². The number of hydrogen-bond donors (Lipinski definition) is 2. The molecule has 3 aromatic rings. The summed E-state index contributed by atoms with van der Waals surface area (Å²) in [6.07, 6.45) is 0.0507. The first-order valence-electron chi connectivity index (χ1n) is 6.93. The third-order valence-electron chi connectivity index (χ3n) is 3.43. The summed E-state index contributed by atoms with van der Waals surface area (Å²) in [7, 11) is 0. The fourth-order valence-electron chi connectivity index (χ4n) is 2.43. The Hall–Kier alpha value is -2.35. The Balaban J connectivity index is 2.03. The maximum Gasteiger partial charge on any atom is 0.109 e. The van der Waals surface area contributed by atoms with E-state index in [-0.39, 0.29) is 0 Å². The summed E-state index contributed by atoms with van der Waals surface area (Å²) in [5, 5.41) is 18.9. The molecular weight excluding hydrogens is 298 g/mol. The van der Waals surface area contributed by atoms with Gasteiger partial charge in [-0.05, 0) is 36.8 Å². The number of aliphatic hydroxyl groups excluding tert-OH is 1. The van der Waals surface area contributed by atoms with Gasteiger partial charge in [-0.2, -0.15) is 5.26 Å². The van der Waals surface area contributed by atoms with Crippen LogP contribution in [0, 0.1) is 11.3 Å². The van der Waals surface area contributed by atoms with E-state index in [0.717, 1.165) is 28.0 Å². The van der Waals surface area contributed by atoms with Crippen molar-refractivity contribution in [1.82, 2.24) is 9.97 Å². The van der Waals surface area contributed by atoms with Gasteiger partial charge in [-0.25, -0.2) is 4.98 Å². The van der Waals surface area contributed by atoms with Crippen molar-refractivity contribution < 1.29 is 5.11 Å². The van der Waals surface area contributed by atoms with Gasteiger partial charge in [0.15, 0.2) is 0 Å². The molecule has 0 spiro atoms. The zero-order valence-electron chi connectivity index (χ0n) is 12.0. The molecule has 0 aliphatic carbocycles. The minimum absolute atomic E-state index is 0.437. The van der Waals surface area contributed by atoms with Crippen LogP contribution in [0.3, 0.4) is 0 Å². The smallest absolute Gasteiger partial charge is 0.109 e. The summed E-state index contributed by atoms with van der Waals surface area (Å²) in [6.45, 7) is 1.73. The van der Waals surface area contributed by atoms with Crippen LogP contribution in [0.4, 0.5) is 0 Å². The van der Waals surface area contributed by atoms with Crippen LogP contribution >= 0.6 is 11.6 Å². The summed E-state index contributed by atoms with van der Waals surface area (Å²) in [5.74, 6) is 0.757. The predicted octanol–water partition coefficient (Wildman–Crippen LogP) is 3.68. The minimum atomic E-state index is -0.437. The molecule has 1 heterocycles. The SMILES string of the molecule is CC(O)Cc1nc2ccc(-c3ccc(C#N)cc3Cl)cc2[nH]1. The highest BCUT2D eigenvalue weighted by atomic mass is 35.5. The Labute approximate surface area is 133 Å². The van der Waals surface area contributed by atoms with Gasteiger partial charge in [0.2, 0.25) is 0 Å². The molecule has 0 radical (unpaired) electrons. The van der Waals surface area contributed by atoms with E-state index < -0.39 is 6.10 Å². The molecule has 0 amide bonds. The molecule has 0 aliphatic rings. The zero-order valence-corrected chi connectivity index (χ0v) is 12.7. The number of nitrogens with one attached hydrogen (secondary N) is 1. The summed E-state index contributed by atoms with van der Waals surface area (Å²) in [5.41, 5.74) is 4.11. The molecule has 0 saturated heterocycles. The summed E-state index contributed by atoms with van der Waals surface area (Å²) in [6, 6.07) is 13.2. The van der Waals surface area contributed by atoms with Crippen molar-refractivity contribution in [3.63, 3.8) is 0 Å². The minimum Gasteiger partial charge on any atom is -0.393 e. The normalized spacial score (nSPS) is 12.3. The predicted molar refractivity (Wildman–Crippen MR) is 86.6 cm³/mol. The second-order valence-corrected chi connectivity index (χ2v) is 5.68. The number of aliphatic hydroxyl groups is 1. The lowest BCUT2D eigenvalue weighted by atomic mass is 10.0. The highest BCUT2D eigenvalue weighted by Gasteiger charge is 2.09. The first kappa shape index (κ1) is 14.6. The van der Waals surface area contributed by atoms with Gasteiger partial charge in [-0.3, -0.25) is 0 Å². The number of benzene rings is 2. The van der Waals surface area contributed by atoms with Gasteiger partial charge < -0.3 is 10.1 Å². The number of aromatic nitrogens is 2. The Morgan fingerprint density at radius 1 is 1.32 bits per heavy atom. The van der Waals surface area contributed by atoms with E-state index >= 15 is 0 Å². The van der Waals surface area contributed by atoms with Crippen LogP contribution in [0.25, 0.3) is 22.2 Å². The Kier molecular flexibility index (Phi) is 3.84. The maximum absolute atomic E-state index is 9.45. The summed E-state index contributed by atoms with van der Waals surface area (Å²) >= 11 is 6.26. The van der Waals surface area contributed by atoms with E-state index in [4.69, 9.17) is 16.9 Å². The Bertz CT molecular complexity index is 877. The fraction of sp³-hybridized carbons (Fsp3) is 0.176. The molecule has 3 rings (SSSR count). The van der Waals surface area contributed by atoms with Crippen molar-refractivity contribution in [3.8, 4) is 17.2 Å².